The van der Waals surface area contributed by atoms with E-state index >= 15 is 0 Å². The van der Waals surface area contributed by atoms with Crippen molar-refractivity contribution in [2.45, 2.75) is 44.8 Å². The van der Waals surface area contributed by atoms with Gasteiger partial charge < -0.3 is 0 Å². The number of halogens is 3. The predicted molar refractivity (Wildman–Crippen MR) is 50.6 cm³/mol. The molecule has 0 aromatic rings. The summed E-state index contributed by atoms with van der Waals surface area (Å²) in [5, 5.41) is 0. The number of hydrogen-bond donors (Lipinski definition) is 0. The number of carbonyl (C=O) groups excluding carboxylic acids is 1. The molecule has 0 amide bonds. The molecule has 2 nitrogen and oxygen atoms in total. The SMILES string of the molecule is CC(=O)C(CCC(F)(F)F)N1CCCC1. The van der Waals surface area contributed by atoms with Crippen molar-refractivity contribution in [3.8, 4) is 0 Å². The van der Waals surface area contributed by atoms with Crippen LogP contribution in [0.4, 0.5) is 13.2 Å². The van der Waals surface area contributed by atoms with Gasteiger partial charge >= 0.3 is 6.18 Å². The Morgan fingerprint density at radius 3 is 2.27 bits per heavy atom. The number of ketones is 1. The maximum atomic E-state index is 12.0. The average molecular weight is 223 g/mol. The van der Waals surface area contributed by atoms with Crippen molar-refractivity contribution >= 4 is 5.78 Å². The van der Waals surface area contributed by atoms with Crippen LogP contribution in [0.5, 0.6) is 0 Å². The Hall–Kier alpha value is -0.580. The average Bonchev–Trinajstić information content (AvgIpc) is 2.54. The van der Waals surface area contributed by atoms with E-state index in [1.54, 1.807) is 0 Å². The van der Waals surface area contributed by atoms with Crippen LogP contribution in [0.1, 0.15) is 32.6 Å². The lowest BCUT2D eigenvalue weighted by Gasteiger charge is -2.25. The van der Waals surface area contributed by atoms with Crippen LogP contribution in [0, 0.1) is 0 Å². The van der Waals surface area contributed by atoms with Crippen molar-refractivity contribution in [2.24, 2.45) is 0 Å². The van der Waals surface area contributed by atoms with Crippen molar-refractivity contribution in [3.63, 3.8) is 0 Å². The van der Waals surface area contributed by atoms with E-state index in [1.807, 2.05) is 4.90 Å². The van der Waals surface area contributed by atoms with Crippen molar-refractivity contribution in [1.82, 2.24) is 4.90 Å². The molecule has 1 unspecified atom stereocenters. The first-order chi connectivity index (χ1) is 6.90. The molecule has 0 aliphatic carbocycles. The molecule has 1 rings (SSSR count). The summed E-state index contributed by atoms with van der Waals surface area (Å²) in [7, 11) is 0. The van der Waals surface area contributed by atoms with Crippen LogP contribution in [0.3, 0.4) is 0 Å². The van der Waals surface area contributed by atoms with Gasteiger partial charge in [0.05, 0.1) is 6.04 Å². The fourth-order valence-corrected chi connectivity index (χ4v) is 2.00. The van der Waals surface area contributed by atoms with Gasteiger partial charge in [0.1, 0.15) is 5.78 Å². The quantitative estimate of drug-likeness (QED) is 0.729. The first kappa shape index (κ1) is 12.5. The first-order valence-electron chi connectivity index (χ1n) is 5.21. The van der Waals surface area contributed by atoms with E-state index in [4.69, 9.17) is 0 Å². The minimum atomic E-state index is -4.16. The maximum absolute atomic E-state index is 12.0. The topological polar surface area (TPSA) is 20.3 Å². The molecule has 88 valence electrons. The molecule has 15 heavy (non-hydrogen) atoms. The second-order valence-corrected chi connectivity index (χ2v) is 4.02. The standard InChI is InChI=1S/C10H16F3NO/c1-8(15)9(4-5-10(11,12)13)14-6-2-3-7-14/h9H,2-7H2,1H3. The van der Waals surface area contributed by atoms with Gasteiger partial charge in [0.2, 0.25) is 0 Å². The number of nitrogens with zero attached hydrogens (tertiary/aromatic N) is 1. The summed E-state index contributed by atoms with van der Waals surface area (Å²) in [5.41, 5.74) is 0. The van der Waals surface area contributed by atoms with Gasteiger partial charge in [-0.25, -0.2) is 0 Å². The Bertz CT molecular complexity index is 221. The highest BCUT2D eigenvalue weighted by atomic mass is 19.4. The van der Waals surface area contributed by atoms with E-state index in [2.05, 4.69) is 0 Å². The molecular weight excluding hydrogens is 207 g/mol. The van der Waals surface area contributed by atoms with E-state index in [9.17, 15) is 18.0 Å². The van der Waals surface area contributed by atoms with Gasteiger partial charge in [0, 0.05) is 6.42 Å². The molecule has 1 heterocycles. The van der Waals surface area contributed by atoms with Gasteiger partial charge in [-0.1, -0.05) is 0 Å². The minimum Gasteiger partial charge on any atom is -0.298 e. The van der Waals surface area contributed by atoms with E-state index in [-0.39, 0.29) is 12.2 Å². The van der Waals surface area contributed by atoms with Gasteiger partial charge in [-0.3, -0.25) is 9.69 Å². The normalized spacial score (nSPS) is 20.5. The number of Topliss-reactive ketones (excluding diaryl/α,β-unsaturated/α-hetero) is 1. The second-order valence-electron chi connectivity index (χ2n) is 4.02. The molecular formula is C10H16F3NO. The van der Waals surface area contributed by atoms with Gasteiger partial charge in [-0.2, -0.15) is 13.2 Å². The zero-order valence-electron chi connectivity index (χ0n) is 8.81. The summed E-state index contributed by atoms with van der Waals surface area (Å²) < 4.78 is 36.1. The third-order valence-corrected chi connectivity index (χ3v) is 2.75. The summed E-state index contributed by atoms with van der Waals surface area (Å²) in [4.78, 5) is 13.1. The predicted octanol–water partition coefficient (Wildman–Crippen LogP) is 2.38. The molecule has 5 heteroatoms. The van der Waals surface area contributed by atoms with Crippen molar-refractivity contribution in [3.05, 3.63) is 0 Å². The highest BCUT2D eigenvalue weighted by Gasteiger charge is 2.32. The third kappa shape index (κ3) is 4.20. The molecule has 1 aliphatic rings. The van der Waals surface area contributed by atoms with Crippen LogP contribution < -0.4 is 0 Å². The van der Waals surface area contributed by atoms with Crippen molar-refractivity contribution in [1.29, 1.82) is 0 Å². The summed E-state index contributed by atoms with van der Waals surface area (Å²) in [6.45, 7) is 2.88. The Kier molecular flexibility index (Phi) is 4.13. The van der Waals surface area contributed by atoms with Crippen LogP contribution in [0.15, 0.2) is 0 Å². The molecule has 0 spiro atoms. The fourth-order valence-electron chi connectivity index (χ4n) is 2.00. The first-order valence-corrected chi connectivity index (χ1v) is 5.21. The Morgan fingerprint density at radius 2 is 1.87 bits per heavy atom. The molecule has 0 bridgehead atoms. The molecule has 1 atom stereocenters. The van der Waals surface area contributed by atoms with E-state index in [0.717, 1.165) is 25.9 Å². The van der Waals surface area contributed by atoms with Gasteiger partial charge in [0.25, 0.3) is 0 Å². The van der Waals surface area contributed by atoms with Crippen LogP contribution >= 0.6 is 0 Å². The molecule has 0 aromatic carbocycles. The molecule has 0 aromatic heterocycles. The van der Waals surface area contributed by atoms with Crippen LogP contribution in [0.25, 0.3) is 0 Å². The number of alkyl halides is 3. The van der Waals surface area contributed by atoms with Crippen LogP contribution in [0.2, 0.25) is 0 Å². The second kappa shape index (κ2) is 4.96. The lowest BCUT2D eigenvalue weighted by atomic mass is 10.1. The fraction of sp³-hybridized carbons (Fsp3) is 0.900. The smallest absolute Gasteiger partial charge is 0.298 e. The molecule has 1 fully saturated rings. The number of rotatable bonds is 4. The number of carbonyl (C=O) groups is 1. The number of hydrogen-bond acceptors (Lipinski definition) is 2. The number of likely N-dealkylation sites (tertiary alicyclic amines) is 1. The molecule has 1 saturated heterocycles. The van der Waals surface area contributed by atoms with E-state index < -0.39 is 18.6 Å². The Balaban J connectivity index is 2.47. The largest absolute Gasteiger partial charge is 0.389 e. The zero-order chi connectivity index (χ0) is 11.5. The summed E-state index contributed by atoms with van der Waals surface area (Å²) in [6, 6.07) is -0.533. The highest BCUT2D eigenvalue weighted by Crippen LogP contribution is 2.25. The lowest BCUT2D eigenvalue weighted by molar-refractivity contribution is -0.140. The van der Waals surface area contributed by atoms with Crippen LogP contribution in [-0.4, -0.2) is 36.0 Å². The summed E-state index contributed by atoms with van der Waals surface area (Å²) in [5.74, 6) is -0.152. The molecule has 0 N–H and O–H groups in total. The van der Waals surface area contributed by atoms with Crippen molar-refractivity contribution < 1.29 is 18.0 Å². The van der Waals surface area contributed by atoms with Gasteiger partial charge in [-0.05, 0) is 39.3 Å². The molecule has 0 radical (unpaired) electrons. The van der Waals surface area contributed by atoms with E-state index in [0.29, 0.717) is 0 Å². The van der Waals surface area contributed by atoms with E-state index in [1.165, 1.54) is 6.92 Å². The van der Waals surface area contributed by atoms with Crippen LogP contribution in [-0.2, 0) is 4.79 Å². The lowest BCUT2D eigenvalue weighted by Crippen LogP contribution is -2.38. The Morgan fingerprint density at radius 1 is 1.33 bits per heavy atom. The minimum absolute atomic E-state index is 0.0984. The third-order valence-electron chi connectivity index (χ3n) is 2.75. The monoisotopic (exact) mass is 223 g/mol. The maximum Gasteiger partial charge on any atom is 0.389 e. The Labute approximate surface area is 87.4 Å². The van der Waals surface area contributed by atoms with Gasteiger partial charge in [-0.15, -0.1) is 0 Å². The zero-order valence-corrected chi connectivity index (χ0v) is 8.81. The molecule has 1 aliphatic heterocycles. The summed E-state index contributed by atoms with van der Waals surface area (Å²) >= 11 is 0. The van der Waals surface area contributed by atoms with Gasteiger partial charge in [0.15, 0.2) is 0 Å². The highest BCUT2D eigenvalue weighted by molar-refractivity contribution is 5.81. The molecule has 0 saturated carbocycles. The van der Waals surface area contributed by atoms with Crippen molar-refractivity contribution in [2.75, 3.05) is 13.1 Å². The summed E-state index contributed by atoms with van der Waals surface area (Å²) in [6.07, 6.45) is -3.16.